The van der Waals surface area contributed by atoms with Crippen molar-refractivity contribution in [2.24, 2.45) is 11.8 Å². The molecule has 2 nitrogen and oxygen atoms in total. The highest BCUT2D eigenvalue weighted by molar-refractivity contribution is 5.82. The lowest BCUT2D eigenvalue weighted by Gasteiger charge is -2.52. The van der Waals surface area contributed by atoms with Gasteiger partial charge in [-0.1, -0.05) is 30.4 Å². The van der Waals surface area contributed by atoms with Crippen LogP contribution in [0.2, 0.25) is 0 Å². The Morgan fingerprint density at radius 2 is 2.12 bits per heavy atom. The van der Waals surface area contributed by atoms with Gasteiger partial charge in [-0.25, -0.2) is 0 Å². The Kier molecular flexibility index (Phi) is 4.24. The van der Waals surface area contributed by atoms with Gasteiger partial charge in [0.25, 0.3) is 0 Å². The molecule has 2 aromatic rings. The molecule has 24 heavy (non-hydrogen) atoms. The molecule has 3 aliphatic heterocycles. The summed E-state index contributed by atoms with van der Waals surface area (Å²) in [4.78, 5) is 7.23. The summed E-state index contributed by atoms with van der Waals surface area (Å²) in [5.74, 6) is 2.02. The quantitative estimate of drug-likeness (QED) is 0.737. The lowest BCUT2D eigenvalue weighted by atomic mass is 9.70. The molecule has 0 spiro atoms. The molecular formula is C22H26N2. The predicted octanol–water partition coefficient (Wildman–Crippen LogP) is 4.79. The Morgan fingerprint density at radius 1 is 1.25 bits per heavy atom. The summed E-state index contributed by atoms with van der Waals surface area (Å²) in [6.07, 6.45) is 10.00. The molecule has 5 rings (SSSR count). The second-order valence-electron chi connectivity index (χ2n) is 7.31. The smallest absolute Gasteiger partial charge is 0.0704 e. The largest absolute Gasteiger partial charge is 0.299 e. The molecule has 4 unspecified atom stereocenters. The van der Waals surface area contributed by atoms with E-state index in [1.54, 1.807) is 0 Å². The van der Waals surface area contributed by atoms with Crippen LogP contribution in [-0.2, 0) is 0 Å². The van der Waals surface area contributed by atoms with E-state index in [0.717, 1.165) is 23.8 Å². The second-order valence-corrected chi connectivity index (χ2v) is 7.31. The van der Waals surface area contributed by atoms with Crippen LogP contribution in [0.5, 0.6) is 0 Å². The Morgan fingerprint density at radius 3 is 2.88 bits per heavy atom. The minimum Gasteiger partial charge on any atom is -0.299 e. The van der Waals surface area contributed by atoms with Gasteiger partial charge in [-0.2, -0.15) is 0 Å². The summed E-state index contributed by atoms with van der Waals surface area (Å²) in [5.41, 5.74) is 2.47. The molecule has 0 N–H and O–H groups in total. The van der Waals surface area contributed by atoms with Crippen molar-refractivity contribution in [2.45, 2.75) is 31.2 Å². The van der Waals surface area contributed by atoms with E-state index in [1.165, 1.54) is 36.9 Å². The molecule has 4 heterocycles. The zero-order valence-corrected chi connectivity index (χ0v) is 14.3. The van der Waals surface area contributed by atoms with Crippen LogP contribution in [0.25, 0.3) is 10.9 Å². The number of benzene rings is 1. The highest BCUT2D eigenvalue weighted by atomic mass is 15.2. The van der Waals surface area contributed by atoms with E-state index in [1.807, 2.05) is 6.20 Å². The van der Waals surface area contributed by atoms with Crippen molar-refractivity contribution in [3.8, 4) is 0 Å². The van der Waals surface area contributed by atoms with Gasteiger partial charge in [0.2, 0.25) is 0 Å². The normalized spacial score (nSPS) is 30.2. The number of rotatable bonds is 5. The fraction of sp³-hybridized carbons (Fsp3) is 0.409. The molecule has 3 fully saturated rings. The van der Waals surface area contributed by atoms with Crippen molar-refractivity contribution < 1.29 is 0 Å². The fourth-order valence-corrected chi connectivity index (χ4v) is 4.93. The van der Waals surface area contributed by atoms with Gasteiger partial charge >= 0.3 is 0 Å². The van der Waals surface area contributed by atoms with Crippen molar-refractivity contribution in [1.29, 1.82) is 0 Å². The molecule has 3 saturated heterocycles. The first-order chi connectivity index (χ1) is 11.8. The third-order valence-electron chi connectivity index (χ3n) is 6.12. The number of piperidine rings is 3. The van der Waals surface area contributed by atoms with Crippen LogP contribution in [-0.4, -0.2) is 29.0 Å². The van der Waals surface area contributed by atoms with Gasteiger partial charge in [0.1, 0.15) is 0 Å². The highest BCUT2D eigenvalue weighted by Crippen LogP contribution is 2.43. The van der Waals surface area contributed by atoms with Crippen LogP contribution in [0, 0.1) is 11.8 Å². The van der Waals surface area contributed by atoms with Gasteiger partial charge in [0, 0.05) is 30.1 Å². The molecule has 0 amide bonds. The van der Waals surface area contributed by atoms with Crippen LogP contribution < -0.4 is 0 Å². The van der Waals surface area contributed by atoms with Crippen LogP contribution in [0.3, 0.4) is 0 Å². The number of pyridine rings is 1. The maximum absolute atomic E-state index is 4.53. The van der Waals surface area contributed by atoms with Gasteiger partial charge in [-0.05, 0) is 55.3 Å². The van der Waals surface area contributed by atoms with Gasteiger partial charge in [0.15, 0.2) is 0 Å². The summed E-state index contributed by atoms with van der Waals surface area (Å²) >= 11 is 0. The number of aromatic nitrogens is 1. The minimum absolute atomic E-state index is 0.380. The minimum atomic E-state index is 0.380. The number of fused-ring (bicyclic) bond motifs is 4. The molecular weight excluding hydrogens is 292 g/mol. The third-order valence-corrected chi connectivity index (χ3v) is 6.12. The van der Waals surface area contributed by atoms with E-state index in [4.69, 9.17) is 0 Å². The molecule has 0 saturated carbocycles. The van der Waals surface area contributed by atoms with Gasteiger partial charge < -0.3 is 0 Å². The highest BCUT2D eigenvalue weighted by Gasteiger charge is 2.42. The molecule has 0 radical (unpaired) electrons. The lowest BCUT2D eigenvalue weighted by molar-refractivity contribution is -0.00302. The first kappa shape index (κ1) is 15.6. The van der Waals surface area contributed by atoms with Crippen LogP contribution in [0.15, 0.2) is 61.8 Å². The maximum Gasteiger partial charge on any atom is 0.0704 e. The number of para-hydroxylation sites is 1. The SMILES string of the molecule is C=CCC1CN2CCC1CC2[C@@H](C=C)c1ccnc2ccccc12. The van der Waals surface area contributed by atoms with E-state index in [9.17, 15) is 0 Å². The van der Waals surface area contributed by atoms with Gasteiger partial charge in [-0.3, -0.25) is 9.88 Å². The Bertz CT molecular complexity index is 745. The number of hydrogen-bond acceptors (Lipinski definition) is 2. The van der Waals surface area contributed by atoms with E-state index in [0.29, 0.717) is 12.0 Å². The number of nitrogens with zero attached hydrogens (tertiary/aromatic N) is 2. The van der Waals surface area contributed by atoms with Crippen LogP contribution in [0.1, 0.15) is 30.7 Å². The molecule has 3 aliphatic rings. The van der Waals surface area contributed by atoms with Crippen molar-refractivity contribution in [3.63, 3.8) is 0 Å². The number of allylic oxidation sites excluding steroid dienone is 1. The first-order valence-electron chi connectivity index (χ1n) is 9.13. The van der Waals surface area contributed by atoms with Crippen molar-refractivity contribution in [2.75, 3.05) is 13.1 Å². The van der Waals surface area contributed by atoms with Crippen molar-refractivity contribution in [1.82, 2.24) is 9.88 Å². The van der Waals surface area contributed by atoms with Crippen LogP contribution >= 0.6 is 0 Å². The van der Waals surface area contributed by atoms with Crippen molar-refractivity contribution in [3.05, 3.63) is 67.4 Å². The van der Waals surface area contributed by atoms with Crippen LogP contribution in [0.4, 0.5) is 0 Å². The summed E-state index contributed by atoms with van der Waals surface area (Å²) in [5, 5.41) is 1.27. The van der Waals surface area contributed by atoms with E-state index < -0.39 is 0 Å². The van der Waals surface area contributed by atoms with E-state index >= 15 is 0 Å². The molecule has 5 atom stereocenters. The Labute approximate surface area is 144 Å². The van der Waals surface area contributed by atoms with Gasteiger partial charge in [0.05, 0.1) is 5.52 Å². The monoisotopic (exact) mass is 318 g/mol. The molecule has 1 aromatic heterocycles. The summed E-state index contributed by atoms with van der Waals surface area (Å²) in [6, 6.07) is 11.2. The standard InChI is InChI=1S/C22H26N2/c1-3-7-17-15-24-13-11-16(17)14-22(24)18(4-2)19-10-12-23-21-9-6-5-8-20(19)21/h3-6,8-10,12,16-18,22H,1-2,7,11,13-15H2/t16?,17?,18-,22?/m0/s1. The van der Waals surface area contributed by atoms with E-state index in [-0.39, 0.29) is 0 Å². The molecule has 124 valence electrons. The summed E-state index contributed by atoms with van der Waals surface area (Å²) < 4.78 is 0. The average molecular weight is 318 g/mol. The molecule has 2 bridgehead atoms. The molecule has 1 aromatic carbocycles. The lowest BCUT2D eigenvalue weighted by Crippen LogP contribution is -2.55. The first-order valence-corrected chi connectivity index (χ1v) is 9.13. The zero-order chi connectivity index (χ0) is 16.5. The van der Waals surface area contributed by atoms with Crippen molar-refractivity contribution >= 4 is 10.9 Å². The Balaban J connectivity index is 1.67. The summed E-state index contributed by atoms with van der Waals surface area (Å²) in [6.45, 7) is 10.6. The fourth-order valence-electron chi connectivity index (χ4n) is 4.93. The average Bonchev–Trinajstić information content (AvgIpc) is 2.64. The molecule has 0 aliphatic carbocycles. The predicted molar refractivity (Wildman–Crippen MR) is 101 cm³/mol. The molecule has 2 heteroatoms. The topological polar surface area (TPSA) is 16.1 Å². The second kappa shape index (κ2) is 6.52. The van der Waals surface area contributed by atoms with Gasteiger partial charge in [-0.15, -0.1) is 13.2 Å². The number of hydrogen-bond donors (Lipinski definition) is 0. The zero-order valence-electron chi connectivity index (χ0n) is 14.3. The van der Waals surface area contributed by atoms with E-state index in [2.05, 4.69) is 65.5 Å². The third kappa shape index (κ3) is 2.59. The maximum atomic E-state index is 4.53. The summed E-state index contributed by atoms with van der Waals surface area (Å²) in [7, 11) is 0. The Hall–Kier alpha value is -1.93.